The first-order chi connectivity index (χ1) is 16.6. The highest BCUT2D eigenvalue weighted by Crippen LogP contribution is 2.33. The molecule has 1 amide bonds. The Morgan fingerprint density at radius 3 is 2.68 bits per heavy atom. The maximum absolute atomic E-state index is 13.2. The highest BCUT2D eigenvalue weighted by molar-refractivity contribution is 6.30. The van der Waals surface area contributed by atoms with E-state index in [1.54, 1.807) is 6.26 Å². The summed E-state index contributed by atoms with van der Waals surface area (Å²) < 4.78 is 11.2. The van der Waals surface area contributed by atoms with Gasteiger partial charge in [0, 0.05) is 48.5 Å². The van der Waals surface area contributed by atoms with Gasteiger partial charge in [-0.1, -0.05) is 41.9 Å². The van der Waals surface area contributed by atoms with Gasteiger partial charge in [0.1, 0.15) is 0 Å². The molecule has 0 bridgehead atoms. The van der Waals surface area contributed by atoms with Crippen LogP contribution < -0.4 is 10.2 Å². The molecule has 5 rings (SSSR count). The Labute approximate surface area is 205 Å². The standard InChI is InChI=1S/C27H30ClN3O3/c1-19-16-21-4-2-3-5-24(21)31(19)18-22-10-13-34-26(22)27(32)29-17-25(30-11-14-33-15-12-30)20-6-8-23(28)9-7-20/h2-10,13,19,25H,11-12,14-18H2,1H3,(H,29,32). The van der Waals surface area contributed by atoms with E-state index in [2.05, 4.69) is 46.3 Å². The average Bonchev–Trinajstić information content (AvgIpc) is 3.45. The lowest BCUT2D eigenvalue weighted by molar-refractivity contribution is 0.0161. The largest absolute Gasteiger partial charge is 0.459 e. The molecule has 2 aromatic carbocycles. The van der Waals surface area contributed by atoms with Crippen LogP contribution in [0.1, 0.15) is 40.2 Å². The molecule has 0 spiro atoms. The lowest BCUT2D eigenvalue weighted by atomic mass is 10.0. The van der Waals surface area contributed by atoms with Crippen LogP contribution in [-0.2, 0) is 17.7 Å². The summed E-state index contributed by atoms with van der Waals surface area (Å²) in [7, 11) is 0. The van der Waals surface area contributed by atoms with Gasteiger partial charge in [-0.2, -0.15) is 0 Å². The van der Waals surface area contributed by atoms with E-state index in [-0.39, 0.29) is 11.9 Å². The number of amides is 1. The molecule has 178 valence electrons. The van der Waals surface area contributed by atoms with Gasteiger partial charge in [-0.15, -0.1) is 0 Å². The van der Waals surface area contributed by atoms with Gasteiger partial charge in [0.15, 0.2) is 5.76 Å². The van der Waals surface area contributed by atoms with Crippen molar-refractivity contribution in [3.63, 3.8) is 0 Å². The van der Waals surface area contributed by atoms with Gasteiger partial charge in [0.2, 0.25) is 0 Å². The maximum Gasteiger partial charge on any atom is 0.287 e. The third-order valence-corrected chi connectivity index (χ3v) is 7.09. The summed E-state index contributed by atoms with van der Waals surface area (Å²) in [5.41, 5.74) is 4.60. The molecule has 3 heterocycles. The number of nitrogens with zero attached hydrogens (tertiary/aromatic N) is 2. The molecule has 34 heavy (non-hydrogen) atoms. The number of furan rings is 1. The number of benzene rings is 2. The number of fused-ring (bicyclic) bond motifs is 1. The molecule has 6 nitrogen and oxygen atoms in total. The van der Waals surface area contributed by atoms with E-state index < -0.39 is 0 Å². The fourth-order valence-corrected chi connectivity index (χ4v) is 5.14. The lowest BCUT2D eigenvalue weighted by Crippen LogP contribution is -2.44. The van der Waals surface area contributed by atoms with Gasteiger partial charge in [0.25, 0.3) is 5.91 Å². The van der Waals surface area contributed by atoms with Crippen molar-refractivity contribution in [1.82, 2.24) is 10.2 Å². The van der Waals surface area contributed by atoms with Crippen LogP contribution in [-0.4, -0.2) is 49.7 Å². The molecule has 2 atom stereocenters. The van der Waals surface area contributed by atoms with Crippen molar-refractivity contribution in [1.29, 1.82) is 0 Å². The molecule has 3 aromatic rings. The zero-order chi connectivity index (χ0) is 23.5. The summed E-state index contributed by atoms with van der Waals surface area (Å²) in [6.07, 6.45) is 2.62. The van der Waals surface area contributed by atoms with Crippen LogP contribution in [0.2, 0.25) is 5.02 Å². The van der Waals surface area contributed by atoms with Crippen LogP contribution in [0.4, 0.5) is 5.69 Å². The van der Waals surface area contributed by atoms with Gasteiger partial charge in [0.05, 0.1) is 25.5 Å². The van der Waals surface area contributed by atoms with Crippen molar-refractivity contribution in [3.8, 4) is 0 Å². The maximum atomic E-state index is 13.2. The van der Waals surface area contributed by atoms with Crippen LogP contribution in [0.25, 0.3) is 0 Å². The van der Waals surface area contributed by atoms with Crippen molar-refractivity contribution < 1.29 is 13.9 Å². The Morgan fingerprint density at radius 1 is 1.12 bits per heavy atom. The normalized spacial score (nSPS) is 19.1. The predicted octanol–water partition coefficient (Wildman–Crippen LogP) is 4.69. The molecular weight excluding hydrogens is 450 g/mol. The summed E-state index contributed by atoms with van der Waals surface area (Å²) in [5.74, 6) is 0.195. The molecule has 2 unspecified atom stereocenters. The second kappa shape index (κ2) is 10.2. The predicted molar refractivity (Wildman–Crippen MR) is 133 cm³/mol. The average molecular weight is 480 g/mol. The Kier molecular flexibility index (Phi) is 6.90. The number of rotatable bonds is 7. The number of halogens is 1. The lowest BCUT2D eigenvalue weighted by Gasteiger charge is -2.35. The number of ether oxygens (including phenoxy) is 1. The quantitative estimate of drug-likeness (QED) is 0.533. The zero-order valence-corrected chi connectivity index (χ0v) is 20.1. The monoisotopic (exact) mass is 479 g/mol. The molecule has 1 aromatic heterocycles. The van der Waals surface area contributed by atoms with Gasteiger partial charge in [-0.3, -0.25) is 9.69 Å². The van der Waals surface area contributed by atoms with Gasteiger partial charge in [-0.05, 0) is 48.7 Å². The van der Waals surface area contributed by atoms with E-state index in [9.17, 15) is 4.79 Å². The number of morpholine rings is 1. The number of anilines is 1. The first-order valence-corrected chi connectivity index (χ1v) is 12.2. The topological polar surface area (TPSA) is 58.0 Å². The van der Waals surface area contributed by atoms with E-state index in [4.69, 9.17) is 20.8 Å². The Bertz CT molecular complexity index is 1120. The minimum absolute atomic E-state index is 0.0361. The van der Waals surface area contributed by atoms with Crippen molar-refractivity contribution in [2.24, 2.45) is 0 Å². The second-order valence-corrected chi connectivity index (χ2v) is 9.45. The number of carbonyl (C=O) groups is 1. The van der Waals surface area contributed by atoms with E-state index in [0.717, 1.165) is 30.6 Å². The number of carbonyl (C=O) groups excluding carboxylic acids is 1. The molecule has 7 heteroatoms. The third kappa shape index (κ3) is 4.85. The van der Waals surface area contributed by atoms with Crippen LogP contribution >= 0.6 is 11.6 Å². The summed E-state index contributed by atoms with van der Waals surface area (Å²) in [5, 5.41) is 3.82. The Morgan fingerprint density at radius 2 is 1.88 bits per heavy atom. The van der Waals surface area contributed by atoms with E-state index in [1.165, 1.54) is 11.3 Å². The van der Waals surface area contributed by atoms with Crippen molar-refractivity contribution in [2.45, 2.75) is 32.0 Å². The number of hydrogen-bond donors (Lipinski definition) is 1. The Hall–Kier alpha value is -2.80. The summed E-state index contributed by atoms with van der Waals surface area (Å²) >= 11 is 6.11. The molecule has 1 fully saturated rings. The second-order valence-electron chi connectivity index (χ2n) is 9.01. The Balaban J connectivity index is 1.29. The fourth-order valence-electron chi connectivity index (χ4n) is 5.01. The van der Waals surface area contributed by atoms with Crippen LogP contribution in [0.3, 0.4) is 0 Å². The first-order valence-electron chi connectivity index (χ1n) is 11.9. The number of para-hydroxylation sites is 1. The highest BCUT2D eigenvalue weighted by Gasteiger charge is 2.28. The van der Waals surface area contributed by atoms with E-state index in [0.29, 0.717) is 43.1 Å². The summed E-state index contributed by atoms with van der Waals surface area (Å²) in [4.78, 5) is 17.9. The van der Waals surface area contributed by atoms with Gasteiger partial charge < -0.3 is 19.4 Å². The number of hydrogen-bond acceptors (Lipinski definition) is 5. The SMILES string of the molecule is CC1Cc2ccccc2N1Cc1ccoc1C(=O)NCC(c1ccc(Cl)cc1)N1CCOCC1. The van der Waals surface area contributed by atoms with Crippen molar-refractivity contribution in [3.05, 3.63) is 88.3 Å². The third-order valence-electron chi connectivity index (χ3n) is 6.84. The molecule has 2 aliphatic rings. The fraction of sp³-hybridized carbons (Fsp3) is 0.370. The first kappa shape index (κ1) is 23.0. The minimum Gasteiger partial charge on any atom is -0.459 e. The number of nitrogens with one attached hydrogen (secondary N) is 1. The van der Waals surface area contributed by atoms with Crippen LogP contribution in [0.5, 0.6) is 0 Å². The molecule has 0 aliphatic carbocycles. The van der Waals surface area contributed by atoms with E-state index >= 15 is 0 Å². The van der Waals surface area contributed by atoms with E-state index in [1.807, 2.05) is 30.3 Å². The van der Waals surface area contributed by atoms with Crippen molar-refractivity contribution >= 4 is 23.2 Å². The van der Waals surface area contributed by atoms with Crippen LogP contribution in [0.15, 0.2) is 65.3 Å². The highest BCUT2D eigenvalue weighted by atomic mass is 35.5. The summed E-state index contributed by atoms with van der Waals surface area (Å²) in [6.45, 7) is 6.36. The smallest absolute Gasteiger partial charge is 0.287 e. The molecule has 1 saturated heterocycles. The molecule has 1 N–H and O–H groups in total. The van der Waals surface area contributed by atoms with Crippen molar-refractivity contribution in [2.75, 3.05) is 37.7 Å². The minimum atomic E-state index is -0.188. The van der Waals surface area contributed by atoms with Crippen LogP contribution in [0, 0.1) is 0 Å². The summed E-state index contributed by atoms with van der Waals surface area (Å²) in [6, 6.07) is 18.6. The molecule has 0 saturated carbocycles. The molecule has 2 aliphatic heterocycles. The molecule has 0 radical (unpaired) electrons. The van der Waals surface area contributed by atoms with Gasteiger partial charge in [-0.25, -0.2) is 0 Å². The van der Waals surface area contributed by atoms with Gasteiger partial charge >= 0.3 is 0 Å². The zero-order valence-electron chi connectivity index (χ0n) is 19.4. The molecular formula is C27H30ClN3O3.